The summed E-state index contributed by atoms with van der Waals surface area (Å²) in [5, 5.41) is 13.9. The number of pyridine rings is 1. The molecule has 10 heteroatoms. The molecule has 5 rings (SSSR count). The van der Waals surface area contributed by atoms with Gasteiger partial charge in [0.1, 0.15) is 28.5 Å². The van der Waals surface area contributed by atoms with Gasteiger partial charge in [-0.3, -0.25) is 9.36 Å². The lowest BCUT2D eigenvalue weighted by Gasteiger charge is -2.27. The molecule has 0 radical (unpaired) electrons. The standard InChI is InChI=1S/C25H23FN4O3.2ClH/c1-16-7-8-17(26)13-21(16)33-25-22(24(32)29-11-9-27-10-12-29)20-14-19(31)15-28-23(20)30(25)18-5-3-2-4-6-18;;/h2-8,13-15,27,31H,9-12H2,1H3;2*1H. The number of nitrogens with zero attached hydrogens (tertiary/aromatic N) is 3. The van der Waals surface area contributed by atoms with Crippen LogP contribution in [0.3, 0.4) is 0 Å². The molecule has 1 aliphatic rings. The molecule has 2 N–H and O–H groups in total. The van der Waals surface area contributed by atoms with Crippen LogP contribution in [0.5, 0.6) is 17.4 Å². The Balaban J connectivity index is 0.00000171. The zero-order chi connectivity index (χ0) is 22.9. The van der Waals surface area contributed by atoms with E-state index < -0.39 is 5.82 Å². The summed E-state index contributed by atoms with van der Waals surface area (Å²) in [7, 11) is 0. The van der Waals surface area contributed by atoms with E-state index in [2.05, 4.69) is 10.3 Å². The van der Waals surface area contributed by atoms with Gasteiger partial charge in [-0.25, -0.2) is 9.37 Å². The molecule has 2 aromatic heterocycles. The number of benzene rings is 2. The number of hydrogen-bond donors (Lipinski definition) is 2. The van der Waals surface area contributed by atoms with Crippen LogP contribution in [0.15, 0.2) is 60.8 Å². The first-order chi connectivity index (χ1) is 16.0. The molecule has 0 saturated carbocycles. The van der Waals surface area contributed by atoms with Gasteiger partial charge < -0.3 is 20.1 Å². The van der Waals surface area contributed by atoms with Gasteiger partial charge in [-0.2, -0.15) is 0 Å². The second-order valence-electron chi connectivity index (χ2n) is 7.97. The van der Waals surface area contributed by atoms with Gasteiger partial charge in [0.05, 0.1) is 11.9 Å². The fourth-order valence-electron chi connectivity index (χ4n) is 4.07. The highest BCUT2D eigenvalue weighted by atomic mass is 35.5. The van der Waals surface area contributed by atoms with Crippen molar-refractivity contribution in [3.63, 3.8) is 0 Å². The average molecular weight is 519 g/mol. The minimum Gasteiger partial charge on any atom is -0.506 e. The number of para-hydroxylation sites is 1. The number of fused-ring (bicyclic) bond motifs is 1. The maximum Gasteiger partial charge on any atom is 0.260 e. The zero-order valence-corrected chi connectivity index (χ0v) is 20.5. The molecule has 7 nitrogen and oxygen atoms in total. The monoisotopic (exact) mass is 518 g/mol. The summed E-state index contributed by atoms with van der Waals surface area (Å²) in [4.78, 5) is 19.9. The van der Waals surface area contributed by atoms with Gasteiger partial charge in [0, 0.05) is 37.6 Å². The minimum atomic E-state index is -0.441. The first kappa shape index (κ1) is 26.3. The van der Waals surface area contributed by atoms with Crippen LogP contribution in [0, 0.1) is 12.7 Å². The van der Waals surface area contributed by atoms with Crippen LogP contribution in [-0.4, -0.2) is 51.6 Å². The third kappa shape index (κ3) is 5.05. The Bertz CT molecular complexity index is 1340. The molecule has 0 atom stereocenters. The summed E-state index contributed by atoms with van der Waals surface area (Å²) >= 11 is 0. The Kier molecular flexibility index (Phi) is 8.22. The van der Waals surface area contributed by atoms with Crippen molar-refractivity contribution in [1.29, 1.82) is 0 Å². The summed E-state index contributed by atoms with van der Waals surface area (Å²) in [6.45, 7) is 4.27. The molecule has 3 heterocycles. The van der Waals surface area contributed by atoms with E-state index in [-0.39, 0.29) is 47.9 Å². The van der Waals surface area contributed by atoms with Crippen molar-refractivity contribution in [2.24, 2.45) is 0 Å². The van der Waals surface area contributed by atoms with Crippen molar-refractivity contribution in [3.8, 4) is 23.1 Å². The Morgan fingerprint density at radius 2 is 1.80 bits per heavy atom. The summed E-state index contributed by atoms with van der Waals surface area (Å²) in [6, 6.07) is 15.2. The van der Waals surface area contributed by atoms with E-state index in [1.807, 2.05) is 37.3 Å². The SMILES string of the molecule is Cc1ccc(F)cc1Oc1c(C(=O)N2CCNCC2)c2cc(O)cnc2n1-c1ccccc1.Cl.Cl. The number of aromatic nitrogens is 2. The molecule has 184 valence electrons. The highest BCUT2D eigenvalue weighted by Gasteiger charge is 2.30. The van der Waals surface area contributed by atoms with E-state index in [0.29, 0.717) is 43.0 Å². The van der Waals surface area contributed by atoms with E-state index >= 15 is 0 Å². The fourth-order valence-corrected chi connectivity index (χ4v) is 4.07. The maximum absolute atomic E-state index is 14.1. The predicted octanol–water partition coefficient (Wildman–Crippen LogP) is 4.86. The smallest absolute Gasteiger partial charge is 0.260 e. The van der Waals surface area contributed by atoms with Crippen molar-refractivity contribution in [2.75, 3.05) is 26.2 Å². The quantitative estimate of drug-likeness (QED) is 0.403. The Morgan fingerprint density at radius 1 is 1.09 bits per heavy atom. The zero-order valence-electron chi connectivity index (χ0n) is 18.9. The summed E-state index contributed by atoms with van der Waals surface area (Å²) in [5.41, 5.74) is 2.19. The number of piperazine rings is 1. The van der Waals surface area contributed by atoms with E-state index in [1.54, 1.807) is 15.5 Å². The Labute approximate surface area is 214 Å². The molecule has 0 unspecified atom stereocenters. The second-order valence-corrected chi connectivity index (χ2v) is 7.97. The van der Waals surface area contributed by atoms with E-state index in [1.165, 1.54) is 24.4 Å². The Morgan fingerprint density at radius 3 is 2.51 bits per heavy atom. The number of carbonyl (C=O) groups excluding carboxylic acids is 1. The van der Waals surface area contributed by atoms with E-state index in [9.17, 15) is 14.3 Å². The number of nitrogens with one attached hydrogen (secondary N) is 1. The molecule has 1 aliphatic heterocycles. The highest BCUT2D eigenvalue weighted by Crippen LogP contribution is 2.39. The minimum absolute atomic E-state index is 0. The number of aromatic hydroxyl groups is 1. The van der Waals surface area contributed by atoms with Gasteiger partial charge in [-0.1, -0.05) is 24.3 Å². The third-order valence-electron chi connectivity index (χ3n) is 5.74. The number of ether oxygens (including phenoxy) is 1. The molecular weight excluding hydrogens is 494 g/mol. The van der Waals surface area contributed by atoms with Crippen LogP contribution in [-0.2, 0) is 0 Å². The van der Waals surface area contributed by atoms with Crippen LogP contribution in [0.1, 0.15) is 15.9 Å². The van der Waals surface area contributed by atoms with E-state index in [4.69, 9.17) is 4.74 Å². The van der Waals surface area contributed by atoms with Crippen LogP contribution < -0.4 is 10.1 Å². The fraction of sp³-hybridized carbons (Fsp3) is 0.200. The lowest BCUT2D eigenvalue weighted by Crippen LogP contribution is -2.46. The first-order valence-electron chi connectivity index (χ1n) is 10.8. The lowest BCUT2D eigenvalue weighted by atomic mass is 10.1. The number of hydrogen-bond acceptors (Lipinski definition) is 5. The molecule has 1 saturated heterocycles. The number of halogens is 3. The molecule has 35 heavy (non-hydrogen) atoms. The molecule has 1 amide bonds. The molecule has 0 bridgehead atoms. The van der Waals surface area contributed by atoms with Crippen molar-refractivity contribution in [1.82, 2.24) is 19.8 Å². The predicted molar refractivity (Wildman–Crippen MR) is 137 cm³/mol. The van der Waals surface area contributed by atoms with Crippen molar-refractivity contribution in [3.05, 3.63) is 77.7 Å². The molecule has 0 aliphatic carbocycles. The van der Waals surface area contributed by atoms with Gasteiger partial charge in [0.15, 0.2) is 0 Å². The number of rotatable bonds is 4. The van der Waals surface area contributed by atoms with Gasteiger partial charge in [0.2, 0.25) is 5.88 Å². The number of amides is 1. The van der Waals surface area contributed by atoms with E-state index in [0.717, 1.165) is 11.3 Å². The van der Waals surface area contributed by atoms with Gasteiger partial charge >= 0.3 is 0 Å². The van der Waals surface area contributed by atoms with Crippen molar-refractivity contribution in [2.45, 2.75) is 6.92 Å². The topological polar surface area (TPSA) is 79.6 Å². The largest absolute Gasteiger partial charge is 0.506 e. The number of carbonyl (C=O) groups is 1. The molecule has 2 aromatic carbocycles. The molecule has 4 aromatic rings. The van der Waals surface area contributed by atoms with Gasteiger partial charge in [-0.15, -0.1) is 24.8 Å². The lowest BCUT2D eigenvalue weighted by molar-refractivity contribution is 0.0735. The Hall–Kier alpha value is -3.33. The molecule has 0 spiro atoms. The molecular formula is C25H25Cl2FN4O3. The summed E-state index contributed by atoms with van der Waals surface area (Å²) in [6.07, 6.45) is 1.33. The van der Waals surface area contributed by atoms with Crippen LogP contribution in [0.25, 0.3) is 16.7 Å². The van der Waals surface area contributed by atoms with Crippen LogP contribution in [0.4, 0.5) is 4.39 Å². The maximum atomic E-state index is 14.1. The molecule has 1 fully saturated rings. The van der Waals surface area contributed by atoms with Gasteiger partial charge in [0.25, 0.3) is 5.91 Å². The van der Waals surface area contributed by atoms with Gasteiger partial charge in [-0.05, 0) is 36.8 Å². The average Bonchev–Trinajstić information content (AvgIpc) is 3.14. The summed E-state index contributed by atoms with van der Waals surface area (Å²) < 4.78 is 22.1. The normalized spacial score (nSPS) is 13.1. The van der Waals surface area contributed by atoms with Crippen molar-refractivity contribution >= 4 is 41.8 Å². The number of aryl methyl sites for hydroxylation is 1. The first-order valence-corrected chi connectivity index (χ1v) is 10.8. The van der Waals surface area contributed by atoms with Crippen molar-refractivity contribution < 1.29 is 19.0 Å². The third-order valence-corrected chi connectivity index (χ3v) is 5.74. The van der Waals surface area contributed by atoms with Crippen LogP contribution in [0.2, 0.25) is 0 Å². The van der Waals surface area contributed by atoms with Crippen LogP contribution >= 0.6 is 24.8 Å². The second kappa shape index (κ2) is 10.9. The summed E-state index contributed by atoms with van der Waals surface area (Å²) in [5.74, 6) is -0.202. The highest BCUT2D eigenvalue weighted by molar-refractivity contribution is 6.10.